The van der Waals surface area contributed by atoms with Gasteiger partial charge in [-0.05, 0) is 23.7 Å². The first-order chi connectivity index (χ1) is 10.9. The van der Waals surface area contributed by atoms with Gasteiger partial charge in [0.1, 0.15) is 6.79 Å². The molecule has 0 saturated carbocycles. The highest BCUT2D eigenvalue weighted by molar-refractivity contribution is 6.76. The molecule has 0 bridgehead atoms. The molecular weight excluding hydrogens is 308 g/mol. The summed E-state index contributed by atoms with van der Waals surface area (Å²) >= 11 is 0. The smallest absolute Gasteiger partial charge is 0.251 e. The van der Waals surface area contributed by atoms with Crippen LogP contribution in [0.5, 0.6) is 0 Å². The fourth-order valence-corrected chi connectivity index (χ4v) is 2.50. The molecule has 0 aliphatic rings. The van der Waals surface area contributed by atoms with Gasteiger partial charge in [-0.15, -0.1) is 0 Å². The van der Waals surface area contributed by atoms with Crippen molar-refractivity contribution in [1.29, 1.82) is 5.26 Å². The minimum absolute atomic E-state index is 0.164. The van der Waals surface area contributed by atoms with E-state index in [2.05, 4.69) is 25.0 Å². The average molecular weight is 334 g/mol. The van der Waals surface area contributed by atoms with Crippen LogP contribution in [0.2, 0.25) is 25.7 Å². The third kappa shape index (κ3) is 9.13. The number of benzene rings is 1. The number of carbonyl (C=O) groups is 1. The number of ether oxygens (including phenoxy) is 2. The zero-order chi connectivity index (χ0) is 17.1. The molecule has 23 heavy (non-hydrogen) atoms. The number of hydrogen-bond acceptors (Lipinski definition) is 4. The molecule has 5 nitrogen and oxygen atoms in total. The predicted molar refractivity (Wildman–Crippen MR) is 92.8 cm³/mol. The summed E-state index contributed by atoms with van der Waals surface area (Å²) in [6.07, 6.45) is 0.315. The SMILES string of the molecule is C[Si](C)(C)CCOCOCc1ccc(C(=O)NCCC#N)cc1. The molecule has 0 aliphatic heterocycles. The summed E-state index contributed by atoms with van der Waals surface area (Å²) in [5.41, 5.74) is 1.57. The quantitative estimate of drug-likeness (QED) is 0.405. The van der Waals surface area contributed by atoms with E-state index in [1.807, 2.05) is 18.2 Å². The van der Waals surface area contributed by atoms with Crippen molar-refractivity contribution < 1.29 is 14.3 Å². The largest absolute Gasteiger partial charge is 0.356 e. The lowest BCUT2D eigenvalue weighted by atomic mass is 10.1. The highest BCUT2D eigenvalue weighted by atomic mass is 28.3. The molecule has 1 aromatic carbocycles. The average Bonchev–Trinajstić information content (AvgIpc) is 2.50. The topological polar surface area (TPSA) is 71.3 Å². The maximum atomic E-state index is 11.8. The van der Waals surface area contributed by atoms with Gasteiger partial charge in [-0.1, -0.05) is 31.8 Å². The Morgan fingerprint density at radius 2 is 1.91 bits per heavy atom. The van der Waals surface area contributed by atoms with Gasteiger partial charge in [-0.25, -0.2) is 0 Å². The van der Waals surface area contributed by atoms with E-state index in [4.69, 9.17) is 14.7 Å². The van der Waals surface area contributed by atoms with Crippen LogP contribution in [0.25, 0.3) is 0 Å². The van der Waals surface area contributed by atoms with E-state index in [-0.39, 0.29) is 5.91 Å². The van der Waals surface area contributed by atoms with Crippen molar-refractivity contribution >= 4 is 14.0 Å². The molecular formula is C17H26N2O3Si. The number of nitrogens with zero attached hydrogens (tertiary/aromatic N) is 1. The lowest BCUT2D eigenvalue weighted by Crippen LogP contribution is -2.24. The number of rotatable bonds is 10. The predicted octanol–water partition coefficient (Wildman–Crippen LogP) is 3.16. The minimum atomic E-state index is -1.05. The van der Waals surface area contributed by atoms with Gasteiger partial charge in [-0.2, -0.15) is 5.26 Å². The van der Waals surface area contributed by atoms with E-state index < -0.39 is 8.07 Å². The fraction of sp³-hybridized carbons (Fsp3) is 0.529. The van der Waals surface area contributed by atoms with Crippen LogP contribution in [-0.2, 0) is 16.1 Å². The summed E-state index contributed by atoms with van der Waals surface area (Å²) in [5.74, 6) is -0.164. The highest BCUT2D eigenvalue weighted by Crippen LogP contribution is 2.08. The van der Waals surface area contributed by atoms with Gasteiger partial charge < -0.3 is 14.8 Å². The Balaban J connectivity index is 2.24. The summed E-state index contributed by atoms with van der Waals surface area (Å²) in [7, 11) is -1.05. The molecule has 1 amide bonds. The van der Waals surface area contributed by atoms with Crippen LogP contribution < -0.4 is 5.32 Å². The van der Waals surface area contributed by atoms with Gasteiger partial charge in [0.05, 0.1) is 19.1 Å². The van der Waals surface area contributed by atoms with Crippen LogP contribution >= 0.6 is 0 Å². The van der Waals surface area contributed by atoms with E-state index in [0.717, 1.165) is 18.2 Å². The molecule has 0 atom stereocenters. The number of nitriles is 1. The van der Waals surface area contributed by atoms with E-state index >= 15 is 0 Å². The van der Waals surface area contributed by atoms with Crippen molar-refractivity contribution in [2.45, 2.75) is 38.7 Å². The van der Waals surface area contributed by atoms with Crippen molar-refractivity contribution in [3.05, 3.63) is 35.4 Å². The molecule has 0 radical (unpaired) electrons. The molecule has 1 aromatic rings. The lowest BCUT2D eigenvalue weighted by molar-refractivity contribution is -0.0573. The van der Waals surface area contributed by atoms with Gasteiger partial charge in [-0.3, -0.25) is 4.79 Å². The van der Waals surface area contributed by atoms with E-state index in [1.165, 1.54) is 0 Å². The second-order valence-electron chi connectivity index (χ2n) is 6.55. The molecule has 0 spiro atoms. The normalized spacial score (nSPS) is 11.0. The Morgan fingerprint density at radius 1 is 1.22 bits per heavy atom. The van der Waals surface area contributed by atoms with Gasteiger partial charge in [0.15, 0.2) is 0 Å². The molecule has 126 valence electrons. The molecule has 0 aromatic heterocycles. The summed E-state index contributed by atoms with van der Waals surface area (Å²) < 4.78 is 10.9. The van der Waals surface area contributed by atoms with Crippen molar-refractivity contribution in [2.75, 3.05) is 19.9 Å². The fourth-order valence-electron chi connectivity index (χ4n) is 1.74. The number of carbonyl (C=O) groups excluding carboxylic acids is 1. The van der Waals surface area contributed by atoms with Crippen LogP contribution in [0.1, 0.15) is 22.3 Å². The summed E-state index contributed by atoms with van der Waals surface area (Å²) in [6, 6.07) is 10.4. The first-order valence-electron chi connectivity index (χ1n) is 7.82. The Morgan fingerprint density at radius 3 is 2.52 bits per heavy atom. The molecule has 0 saturated heterocycles. The highest BCUT2D eigenvalue weighted by Gasteiger charge is 2.11. The molecule has 1 rings (SSSR count). The second kappa shape index (κ2) is 10.2. The summed E-state index contributed by atoms with van der Waals surface area (Å²) in [6.45, 7) is 8.82. The van der Waals surface area contributed by atoms with E-state index in [9.17, 15) is 4.79 Å². The van der Waals surface area contributed by atoms with Crippen LogP contribution in [0.15, 0.2) is 24.3 Å². The van der Waals surface area contributed by atoms with Crippen LogP contribution in [0.4, 0.5) is 0 Å². The lowest BCUT2D eigenvalue weighted by Gasteiger charge is -2.15. The first kappa shape index (κ1) is 19.4. The van der Waals surface area contributed by atoms with Crippen molar-refractivity contribution in [2.24, 2.45) is 0 Å². The third-order valence-corrected chi connectivity index (χ3v) is 4.87. The molecule has 0 unspecified atom stereocenters. The Hall–Kier alpha value is -1.68. The van der Waals surface area contributed by atoms with E-state index in [0.29, 0.717) is 31.9 Å². The van der Waals surface area contributed by atoms with Gasteiger partial charge in [0.2, 0.25) is 0 Å². The van der Waals surface area contributed by atoms with Crippen LogP contribution in [-0.4, -0.2) is 33.9 Å². The standard InChI is InChI=1S/C17H26N2O3Si/c1-23(2,3)12-11-21-14-22-13-15-5-7-16(8-6-15)17(20)19-10-4-9-18/h5-8H,4,10-14H2,1-3H3,(H,19,20). The minimum Gasteiger partial charge on any atom is -0.356 e. The monoisotopic (exact) mass is 334 g/mol. The maximum absolute atomic E-state index is 11.8. The van der Waals surface area contributed by atoms with Gasteiger partial charge in [0, 0.05) is 26.8 Å². The summed E-state index contributed by atoms with van der Waals surface area (Å²) in [5, 5.41) is 11.1. The third-order valence-electron chi connectivity index (χ3n) is 3.17. The van der Waals surface area contributed by atoms with Crippen LogP contribution in [0, 0.1) is 11.3 Å². The van der Waals surface area contributed by atoms with Crippen molar-refractivity contribution in [3.63, 3.8) is 0 Å². The molecule has 1 N–H and O–H groups in total. The Labute approximate surface area is 139 Å². The van der Waals surface area contributed by atoms with Crippen molar-refractivity contribution in [3.8, 4) is 6.07 Å². The van der Waals surface area contributed by atoms with Crippen molar-refractivity contribution in [1.82, 2.24) is 5.32 Å². The maximum Gasteiger partial charge on any atom is 0.251 e. The number of nitrogens with one attached hydrogen (secondary N) is 1. The van der Waals surface area contributed by atoms with E-state index in [1.54, 1.807) is 12.1 Å². The summed E-state index contributed by atoms with van der Waals surface area (Å²) in [4.78, 5) is 11.8. The van der Waals surface area contributed by atoms with Gasteiger partial charge in [0.25, 0.3) is 5.91 Å². The first-order valence-corrected chi connectivity index (χ1v) is 11.5. The van der Waals surface area contributed by atoms with Crippen LogP contribution in [0.3, 0.4) is 0 Å². The Bertz CT molecular complexity index is 518. The zero-order valence-corrected chi connectivity index (χ0v) is 15.2. The molecule has 0 heterocycles. The number of amides is 1. The Kier molecular flexibility index (Phi) is 8.55. The number of hydrogen-bond donors (Lipinski definition) is 1. The zero-order valence-electron chi connectivity index (χ0n) is 14.2. The second-order valence-corrected chi connectivity index (χ2v) is 12.2. The van der Waals surface area contributed by atoms with Gasteiger partial charge >= 0.3 is 0 Å². The molecule has 0 aliphatic carbocycles. The molecule has 0 fully saturated rings. The molecule has 6 heteroatoms.